The molecule has 0 atom stereocenters. The molecule has 1 aliphatic rings. The fourth-order valence-corrected chi connectivity index (χ4v) is 2.35. The SMILES string of the molecule is O=C(CCn1cc(C(=O)O)c2ccccc21)NC1CC1. The molecule has 0 aliphatic heterocycles. The lowest BCUT2D eigenvalue weighted by Crippen LogP contribution is -2.26. The number of aromatic nitrogens is 1. The molecule has 1 aromatic heterocycles. The largest absolute Gasteiger partial charge is 0.478 e. The Morgan fingerprint density at radius 1 is 1.30 bits per heavy atom. The third kappa shape index (κ3) is 2.52. The van der Waals surface area contributed by atoms with Gasteiger partial charge in [0.25, 0.3) is 0 Å². The molecule has 0 saturated heterocycles. The minimum Gasteiger partial charge on any atom is -0.478 e. The first-order valence-corrected chi connectivity index (χ1v) is 6.75. The number of benzene rings is 1. The molecule has 1 aromatic carbocycles. The van der Waals surface area contributed by atoms with Gasteiger partial charge >= 0.3 is 5.97 Å². The lowest BCUT2D eigenvalue weighted by Gasteiger charge is -2.06. The van der Waals surface area contributed by atoms with Gasteiger partial charge in [-0.2, -0.15) is 0 Å². The summed E-state index contributed by atoms with van der Waals surface area (Å²) in [5, 5.41) is 12.9. The molecule has 0 spiro atoms. The Hall–Kier alpha value is -2.30. The van der Waals surface area contributed by atoms with Crippen LogP contribution in [0.1, 0.15) is 29.6 Å². The number of carbonyl (C=O) groups excluding carboxylic acids is 1. The average Bonchev–Trinajstić information content (AvgIpc) is 3.15. The van der Waals surface area contributed by atoms with Crippen molar-refractivity contribution in [3.8, 4) is 0 Å². The molecule has 2 N–H and O–H groups in total. The summed E-state index contributed by atoms with van der Waals surface area (Å²) in [6.45, 7) is 0.492. The zero-order valence-corrected chi connectivity index (χ0v) is 11.0. The Morgan fingerprint density at radius 2 is 2.05 bits per heavy atom. The first-order chi connectivity index (χ1) is 9.65. The number of carbonyl (C=O) groups is 2. The van der Waals surface area contributed by atoms with E-state index in [1.54, 1.807) is 12.3 Å². The van der Waals surface area contributed by atoms with Crippen molar-refractivity contribution >= 4 is 22.8 Å². The Labute approximate surface area is 116 Å². The Morgan fingerprint density at radius 3 is 2.75 bits per heavy atom. The van der Waals surface area contributed by atoms with Crippen LogP contribution in [0.4, 0.5) is 0 Å². The average molecular weight is 272 g/mol. The minimum atomic E-state index is -0.942. The lowest BCUT2D eigenvalue weighted by molar-refractivity contribution is -0.121. The first-order valence-electron chi connectivity index (χ1n) is 6.75. The summed E-state index contributed by atoms with van der Waals surface area (Å²) in [7, 11) is 0. The maximum atomic E-state index is 11.7. The molecular weight excluding hydrogens is 256 g/mol. The standard InChI is InChI=1S/C15H16N2O3/c18-14(16-10-5-6-10)7-8-17-9-12(15(19)20)11-3-1-2-4-13(11)17/h1-4,9-10H,5-8H2,(H,16,18)(H,19,20). The number of carboxylic acids is 1. The van der Waals surface area contributed by atoms with E-state index >= 15 is 0 Å². The number of carboxylic acid groups (broad SMARTS) is 1. The second-order valence-electron chi connectivity index (χ2n) is 5.15. The van der Waals surface area contributed by atoms with Crippen molar-refractivity contribution in [2.45, 2.75) is 31.8 Å². The molecule has 1 aliphatic carbocycles. The van der Waals surface area contributed by atoms with Gasteiger partial charge in [-0.1, -0.05) is 18.2 Å². The van der Waals surface area contributed by atoms with Gasteiger partial charge in [-0.25, -0.2) is 4.79 Å². The first kappa shape index (κ1) is 12.7. The smallest absolute Gasteiger partial charge is 0.337 e. The number of aryl methyl sites for hydroxylation is 1. The van der Waals surface area contributed by atoms with Crippen LogP contribution in [0.25, 0.3) is 10.9 Å². The maximum Gasteiger partial charge on any atom is 0.337 e. The summed E-state index contributed by atoms with van der Waals surface area (Å²) >= 11 is 0. The van der Waals surface area contributed by atoms with E-state index in [4.69, 9.17) is 0 Å². The van der Waals surface area contributed by atoms with Crippen LogP contribution in [-0.2, 0) is 11.3 Å². The van der Waals surface area contributed by atoms with Crippen LogP contribution in [0, 0.1) is 0 Å². The molecule has 104 valence electrons. The van der Waals surface area contributed by atoms with Gasteiger partial charge in [0.1, 0.15) is 0 Å². The molecule has 0 bridgehead atoms. The van der Waals surface area contributed by atoms with Crippen LogP contribution in [0.2, 0.25) is 0 Å². The van der Waals surface area contributed by atoms with E-state index in [0.29, 0.717) is 24.4 Å². The van der Waals surface area contributed by atoms with E-state index in [0.717, 1.165) is 18.4 Å². The highest BCUT2D eigenvalue weighted by Gasteiger charge is 2.23. The summed E-state index contributed by atoms with van der Waals surface area (Å²) < 4.78 is 1.84. The normalized spacial score (nSPS) is 14.4. The van der Waals surface area contributed by atoms with Gasteiger partial charge in [0, 0.05) is 36.1 Å². The van der Waals surface area contributed by atoms with Crippen molar-refractivity contribution in [1.29, 1.82) is 0 Å². The number of nitrogens with zero attached hydrogens (tertiary/aromatic N) is 1. The summed E-state index contributed by atoms with van der Waals surface area (Å²) in [6.07, 6.45) is 4.12. The summed E-state index contributed by atoms with van der Waals surface area (Å²) in [4.78, 5) is 22.9. The third-order valence-corrected chi connectivity index (χ3v) is 3.54. The summed E-state index contributed by atoms with van der Waals surface area (Å²) in [5.74, 6) is -0.912. The molecule has 1 fully saturated rings. The number of amides is 1. The van der Waals surface area contributed by atoms with Gasteiger partial charge in [-0.3, -0.25) is 4.79 Å². The van der Waals surface area contributed by atoms with Crippen molar-refractivity contribution in [2.24, 2.45) is 0 Å². The number of hydrogen-bond donors (Lipinski definition) is 2. The molecule has 3 rings (SSSR count). The van der Waals surface area contributed by atoms with Crippen molar-refractivity contribution in [1.82, 2.24) is 9.88 Å². The maximum absolute atomic E-state index is 11.7. The van der Waals surface area contributed by atoms with Gasteiger partial charge in [-0.05, 0) is 18.9 Å². The highest BCUT2D eigenvalue weighted by Crippen LogP contribution is 2.22. The van der Waals surface area contributed by atoms with Crippen molar-refractivity contribution in [2.75, 3.05) is 0 Å². The molecule has 1 heterocycles. The monoisotopic (exact) mass is 272 g/mol. The van der Waals surface area contributed by atoms with E-state index in [1.165, 1.54) is 0 Å². The van der Waals surface area contributed by atoms with E-state index in [9.17, 15) is 14.7 Å². The predicted octanol–water partition coefficient (Wildman–Crippen LogP) is 2.01. The van der Waals surface area contributed by atoms with Crippen LogP contribution < -0.4 is 5.32 Å². The molecule has 2 aromatic rings. The molecule has 5 nitrogen and oxygen atoms in total. The third-order valence-electron chi connectivity index (χ3n) is 3.54. The molecule has 1 amide bonds. The van der Waals surface area contributed by atoms with Crippen molar-refractivity contribution in [3.63, 3.8) is 0 Å². The molecule has 0 radical (unpaired) electrons. The molecule has 1 saturated carbocycles. The number of hydrogen-bond acceptors (Lipinski definition) is 2. The van der Waals surface area contributed by atoms with E-state index < -0.39 is 5.97 Å². The Balaban J connectivity index is 1.80. The van der Waals surface area contributed by atoms with Gasteiger partial charge < -0.3 is 15.0 Å². The van der Waals surface area contributed by atoms with Crippen molar-refractivity contribution < 1.29 is 14.7 Å². The van der Waals surface area contributed by atoms with Gasteiger partial charge in [0.2, 0.25) is 5.91 Å². The number of para-hydroxylation sites is 1. The summed E-state index contributed by atoms with van der Waals surface area (Å²) in [5.41, 5.74) is 1.13. The number of aromatic carboxylic acids is 1. The fourth-order valence-electron chi connectivity index (χ4n) is 2.35. The van der Waals surface area contributed by atoms with Crippen LogP contribution in [0.3, 0.4) is 0 Å². The Kier molecular flexibility index (Phi) is 3.18. The summed E-state index contributed by atoms with van der Waals surface area (Å²) in [6, 6.07) is 7.71. The number of fused-ring (bicyclic) bond motifs is 1. The predicted molar refractivity (Wildman–Crippen MR) is 74.7 cm³/mol. The lowest BCUT2D eigenvalue weighted by atomic mass is 10.2. The fraction of sp³-hybridized carbons (Fsp3) is 0.333. The van der Waals surface area contributed by atoms with Gasteiger partial charge in [0.05, 0.1) is 5.56 Å². The van der Waals surface area contributed by atoms with Crippen LogP contribution in [0.15, 0.2) is 30.5 Å². The highest BCUT2D eigenvalue weighted by molar-refractivity contribution is 6.03. The zero-order chi connectivity index (χ0) is 14.1. The van der Waals surface area contributed by atoms with Gasteiger partial charge in [-0.15, -0.1) is 0 Å². The molecule has 0 unspecified atom stereocenters. The molecule has 5 heteroatoms. The van der Waals surface area contributed by atoms with E-state index in [1.807, 2.05) is 22.8 Å². The van der Waals surface area contributed by atoms with E-state index in [2.05, 4.69) is 5.32 Å². The number of rotatable bonds is 5. The quantitative estimate of drug-likeness (QED) is 0.874. The minimum absolute atomic E-state index is 0.0298. The second kappa shape index (κ2) is 5.00. The topological polar surface area (TPSA) is 71.3 Å². The molecule has 20 heavy (non-hydrogen) atoms. The van der Waals surface area contributed by atoms with Crippen LogP contribution in [-0.4, -0.2) is 27.6 Å². The second-order valence-corrected chi connectivity index (χ2v) is 5.15. The number of nitrogens with one attached hydrogen (secondary N) is 1. The molecular formula is C15H16N2O3. The van der Waals surface area contributed by atoms with E-state index in [-0.39, 0.29) is 11.5 Å². The Bertz CT molecular complexity index is 671. The van der Waals surface area contributed by atoms with Crippen LogP contribution in [0.5, 0.6) is 0 Å². The highest BCUT2D eigenvalue weighted by atomic mass is 16.4. The zero-order valence-electron chi connectivity index (χ0n) is 11.0. The van der Waals surface area contributed by atoms with Crippen molar-refractivity contribution in [3.05, 3.63) is 36.0 Å². The van der Waals surface area contributed by atoms with Gasteiger partial charge in [0.15, 0.2) is 0 Å². The van der Waals surface area contributed by atoms with Crippen LogP contribution >= 0.6 is 0 Å².